The maximum absolute atomic E-state index is 12.9. The van der Waals surface area contributed by atoms with E-state index in [1.165, 1.54) is 0 Å². The summed E-state index contributed by atoms with van der Waals surface area (Å²) < 4.78 is 0. The Labute approximate surface area is 190 Å². The number of carbonyl (C=O) groups excluding carboxylic acids is 3. The van der Waals surface area contributed by atoms with Gasteiger partial charge in [0.1, 0.15) is 6.04 Å². The van der Waals surface area contributed by atoms with Gasteiger partial charge in [-0.15, -0.1) is 0 Å². The zero-order valence-electron chi connectivity index (χ0n) is 19.2. The Morgan fingerprint density at radius 2 is 1.66 bits per heavy atom. The van der Waals surface area contributed by atoms with Crippen molar-refractivity contribution in [3.63, 3.8) is 0 Å². The Hall–Kier alpha value is -3.15. The number of likely N-dealkylation sites (tertiary alicyclic amines) is 1. The molecule has 170 valence electrons. The maximum atomic E-state index is 12.9. The number of nitrogens with one attached hydrogen (secondary N) is 2. The summed E-state index contributed by atoms with van der Waals surface area (Å²) in [6.45, 7) is 7.62. The molecule has 2 N–H and O–H groups in total. The lowest BCUT2D eigenvalue weighted by atomic mass is 9.88. The van der Waals surface area contributed by atoms with Crippen molar-refractivity contribution in [3.8, 4) is 0 Å². The van der Waals surface area contributed by atoms with Crippen LogP contribution < -0.4 is 10.6 Å². The van der Waals surface area contributed by atoms with Gasteiger partial charge in [0.2, 0.25) is 5.91 Å². The highest BCUT2D eigenvalue weighted by molar-refractivity contribution is 5.98. The fourth-order valence-corrected chi connectivity index (χ4v) is 4.08. The van der Waals surface area contributed by atoms with Gasteiger partial charge in [-0.05, 0) is 63.3 Å². The van der Waals surface area contributed by atoms with Crippen LogP contribution >= 0.6 is 0 Å². The maximum Gasteiger partial charge on any atom is 0.253 e. The molecule has 1 saturated heterocycles. The summed E-state index contributed by atoms with van der Waals surface area (Å²) in [5.41, 5.74) is 3.34. The molecule has 32 heavy (non-hydrogen) atoms. The molecule has 6 heteroatoms. The van der Waals surface area contributed by atoms with Gasteiger partial charge in [0.15, 0.2) is 0 Å². The van der Waals surface area contributed by atoms with Crippen LogP contribution in [0, 0.1) is 19.8 Å². The van der Waals surface area contributed by atoms with E-state index in [9.17, 15) is 14.4 Å². The fraction of sp³-hybridized carbons (Fsp3) is 0.423. The molecule has 1 aliphatic heterocycles. The molecule has 0 aliphatic carbocycles. The van der Waals surface area contributed by atoms with Gasteiger partial charge in [-0.1, -0.05) is 42.3 Å². The molecule has 1 aliphatic rings. The highest BCUT2D eigenvalue weighted by atomic mass is 16.2. The van der Waals surface area contributed by atoms with E-state index in [0.717, 1.165) is 17.5 Å². The Kier molecular flexibility index (Phi) is 8.03. The van der Waals surface area contributed by atoms with E-state index in [2.05, 4.69) is 10.6 Å². The third-order valence-corrected chi connectivity index (χ3v) is 6.00. The number of carbonyl (C=O) groups is 3. The second kappa shape index (κ2) is 10.9. The van der Waals surface area contributed by atoms with Crippen LogP contribution in [0.5, 0.6) is 0 Å². The molecule has 3 amide bonds. The van der Waals surface area contributed by atoms with Crippen molar-refractivity contribution in [1.82, 2.24) is 15.5 Å². The predicted molar refractivity (Wildman–Crippen MR) is 126 cm³/mol. The van der Waals surface area contributed by atoms with E-state index < -0.39 is 6.04 Å². The first-order valence-electron chi connectivity index (χ1n) is 11.4. The zero-order chi connectivity index (χ0) is 23.1. The standard InChI is InChI=1S/C26H33N3O3/c1-4-14-27-25(31)23(28-24(30)22-7-5-6-19(3)17-22)20-12-15-29(16-13-20)26(32)21-10-8-18(2)9-11-21/h5-11,17,20,23H,4,12-16H2,1-3H3,(H,27,31)(H,28,30)/t23-/m0/s1. The minimum atomic E-state index is -0.619. The molecule has 0 saturated carbocycles. The first kappa shape index (κ1) is 23.5. The molecule has 6 nitrogen and oxygen atoms in total. The smallest absolute Gasteiger partial charge is 0.253 e. The molecule has 0 radical (unpaired) electrons. The molecular formula is C26H33N3O3. The van der Waals surface area contributed by atoms with Crippen LogP contribution in [0.15, 0.2) is 48.5 Å². The first-order valence-corrected chi connectivity index (χ1v) is 11.4. The Morgan fingerprint density at radius 1 is 0.969 bits per heavy atom. The molecule has 0 spiro atoms. The van der Waals surface area contributed by atoms with Crippen LogP contribution in [0.3, 0.4) is 0 Å². The third-order valence-electron chi connectivity index (χ3n) is 6.00. The summed E-state index contributed by atoms with van der Waals surface area (Å²) in [6.07, 6.45) is 2.15. The number of rotatable bonds is 7. The van der Waals surface area contributed by atoms with Crippen LogP contribution in [0.1, 0.15) is 58.0 Å². The summed E-state index contributed by atoms with van der Waals surface area (Å²) in [5, 5.41) is 5.90. The number of hydrogen-bond acceptors (Lipinski definition) is 3. The Morgan fingerprint density at radius 3 is 2.28 bits per heavy atom. The number of nitrogens with zero attached hydrogens (tertiary/aromatic N) is 1. The first-order chi connectivity index (χ1) is 15.4. The van der Waals surface area contributed by atoms with E-state index in [1.54, 1.807) is 6.07 Å². The van der Waals surface area contributed by atoms with Gasteiger partial charge in [0, 0.05) is 30.8 Å². The van der Waals surface area contributed by atoms with Gasteiger partial charge in [-0.2, -0.15) is 0 Å². The number of benzene rings is 2. The second-order valence-electron chi connectivity index (χ2n) is 8.61. The molecule has 0 unspecified atom stereocenters. The lowest BCUT2D eigenvalue weighted by molar-refractivity contribution is -0.124. The summed E-state index contributed by atoms with van der Waals surface area (Å²) in [6, 6.07) is 14.3. The predicted octanol–water partition coefficient (Wildman–Crippen LogP) is 3.48. The van der Waals surface area contributed by atoms with Gasteiger partial charge in [0.05, 0.1) is 0 Å². The average molecular weight is 436 g/mol. The van der Waals surface area contributed by atoms with E-state index >= 15 is 0 Å². The van der Waals surface area contributed by atoms with Gasteiger partial charge in [-0.25, -0.2) is 0 Å². The van der Waals surface area contributed by atoms with Gasteiger partial charge >= 0.3 is 0 Å². The van der Waals surface area contributed by atoms with Crippen molar-refractivity contribution < 1.29 is 14.4 Å². The lowest BCUT2D eigenvalue weighted by Crippen LogP contribution is -2.54. The fourth-order valence-electron chi connectivity index (χ4n) is 4.08. The average Bonchev–Trinajstić information content (AvgIpc) is 2.81. The monoisotopic (exact) mass is 435 g/mol. The number of hydrogen-bond donors (Lipinski definition) is 2. The molecule has 1 fully saturated rings. The highest BCUT2D eigenvalue weighted by Crippen LogP contribution is 2.23. The summed E-state index contributed by atoms with van der Waals surface area (Å²) >= 11 is 0. The molecular weight excluding hydrogens is 402 g/mol. The van der Waals surface area contributed by atoms with Crippen LogP contribution in [-0.2, 0) is 4.79 Å². The molecule has 3 rings (SSSR count). The molecule has 1 heterocycles. The molecule has 1 atom stereocenters. The van der Waals surface area contributed by atoms with Crippen molar-refractivity contribution in [3.05, 3.63) is 70.8 Å². The van der Waals surface area contributed by atoms with Crippen molar-refractivity contribution in [1.29, 1.82) is 0 Å². The number of piperidine rings is 1. The Bertz CT molecular complexity index is 947. The Balaban J connectivity index is 1.67. The van der Waals surface area contributed by atoms with E-state index in [0.29, 0.717) is 43.6 Å². The number of amides is 3. The van der Waals surface area contributed by atoms with Crippen molar-refractivity contribution >= 4 is 17.7 Å². The molecule has 0 bridgehead atoms. The molecule has 2 aromatic carbocycles. The number of aryl methyl sites for hydroxylation is 2. The topological polar surface area (TPSA) is 78.5 Å². The summed E-state index contributed by atoms with van der Waals surface area (Å²) in [7, 11) is 0. The molecule has 0 aromatic heterocycles. The molecule has 2 aromatic rings. The van der Waals surface area contributed by atoms with E-state index in [-0.39, 0.29) is 23.6 Å². The highest BCUT2D eigenvalue weighted by Gasteiger charge is 2.34. The van der Waals surface area contributed by atoms with Crippen molar-refractivity contribution in [2.75, 3.05) is 19.6 Å². The van der Waals surface area contributed by atoms with Crippen molar-refractivity contribution in [2.24, 2.45) is 5.92 Å². The van der Waals surface area contributed by atoms with Gasteiger partial charge < -0.3 is 15.5 Å². The van der Waals surface area contributed by atoms with E-state index in [1.807, 2.05) is 68.1 Å². The van der Waals surface area contributed by atoms with Crippen LogP contribution in [0.4, 0.5) is 0 Å². The minimum absolute atomic E-state index is 0.0132. The van der Waals surface area contributed by atoms with E-state index in [4.69, 9.17) is 0 Å². The SMILES string of the molecule is CCCNC(=O)[C@@H](NC(=O)c1cccc(C)c1)C1CCN(C(=O)c2ccc(C)cc2)CC1. The summed E-state index contributed by atoms with van der Waals surface area (Å²) in [5.74, 6) is -0.415. The third kappa shape index (κ3) is 5.96. The van der Waals surface area contributed by atoms with Crippen LogP contribution in [0.2, 0.25) is 0 Å². The quantitative estimate of drug-likeness (QED) is 0.699. The van der Waals surface area contributed by atoms with Gasteiger partial charge in [-0.3, -0.25) is 14.4 Å². The van der Waals surface area contributed by atoms with Crippen LogP contribution in [0.25, 0.3) is 0 Å². The lowest BCUT2D eigenvalue weighted by Gasteiger charge is -2.36. The van der Waals surface area contributed by atoms with Crippen LogP contribution in [-0.4, -0.2) is 48.3 Å². The largest absolute Gasteiger partial charge is 0.354 e. The normalized spacial score (nSPS) is 15.2. The van der Waals surface area contributed by atoms with Gasteiger partial charge in [0.25, 0.3) is 11.8 Å². The minimum Gasteiger partial charge on any atom is -0.354 e. The second-order valence-corrected chi connectivity index (χ2v) is 8.61. The van der Waals surface area contributed by atoms with Crippen molar-refractivity contribution in [2.45, 2.75) is 46.1 Å². The zero-order valence-corrected chi connectivity index (χ0v) is 19.2. The summed E-state index contributed by atoms with van der Waals surface area (Å²) in [4.78, 5) is 40.4.